The maximum absolute atomic E-state index is 13.2. The zero-order valence-corrected chi connectivity index (χ0v) is 13.6. The van der Waals surface area contributed by atoms with Crippen molar-refractivity contribution in [2.75, 3.05) is 0 Å². The van der Waals surface area contributed by atoms with Gasteiger partial charge in [-0.1, -0.05) is 42.0 Å². The van der Waals surface area contributed by atoms with Crippen molar-refractivity contribution in [2.24, 2.45) is 5.73 Å². The number of aryl methyl sites for hydroxylation is 1. The molecule has 0 heterocycles. The summed E-state index contributed by atoms with van der Waals surface area (Å²) in [5.41, 5.74) is 8.85. The van der Waals surface area contributed by atoms with Crippen molar-refractivity contribution < 1.29 is 9.18 Å². The van der Waals surface area contributed by atoms with Crippen LogP contribution in [0.4, 0.5) is 4.39 Å². The third kappa shape index (κ3) is 4.09. The Hall–Kier alpha value is -1.91. The fourth-order valence-electron chi connectivity index (χ4n) is 2.66. The molecule has 5 heteroatoms. The second-order valence-electron chi connectivity index (χ2n) is 5.90. The number of hydrogen-bond acceptors (Lipinski definition) is 2. The second kappa shape index (κ2) is 7.11. The molecule has 0 aromatic heterocycles. The van der Waals surface area contributed by atoms with Crippen LogP contribution in [0.15, 0.2) is 48.5 Å². The van der Waals surface area contributed by atoms with Crippen molar-refractivity contribution in [3.8, 4) is 0 Å². The van der Waals surface area contributed by atoms with Crippen LogP contribution in [0.1, 0.15) is 35.1 Å². The summed E-state index contributed by atoms with van der Waals surface area (Å²) < 4.78 is 13.2. The minimum Gasteiger partial charge on any atom is -0.351 e. The quantitative estimate of drug-likeness (QED) is 0.902. The van der Waals surface area contributed by atoms with Gasteiger partial charge in [0.2, 0.25) is 5.91 Å². The lowest BCUT2D eigenvalue weighted by Crippen LogP contribution is -2.35. The van der Waals surface area contributed by atoms with Crippen molar-refractivity contribution in [1.29, 1.82) is 0 Å². The molecule has 3 atom stereocenters. The van der Waals surface area contributed by atoms with Crippen molar-refractivity contribution in [2.45, 2.75) is 31.3 Å². The van der Waals surface area contributed by atoms with E-state index in [4.69, 9.17) is 5.73 Å². The van der Waals surface area contributed by atoms with Gasteiger partial charge in [-0.15, -0.1) is 12.4 Å². The van der Waals surface area contributed by atoms with Crippen molar-refractivity contribution >= 4 is 18.3 Å². The molecule has 0 saturated heterocycles. The monoisotopic (exact) mass is 334 g/mol. The summed E-state index contributed by atoms with van der Waals surface area (Å²) in [5, 5.41) is 2.95. The van der Waals surface area contributed by atoms with Crippen LogP contribution in [-0.2, 0) is 4.79 Å². The highest BCUT2D eigenvalue weighted by atomic mass is 35.5. The predicted octanol–water partition coefficient (Wildman–Crippen LogP) is 3.23. The summed E-state index contributed by atoms with van der Waals surface area (Å²) in [6.07, 6.45) is 0.829. The van der Waals surface area contributed by atoms with E-state index in [2.05, 4.69) is 5.32 Å². The molecule has 1 fully saturated rings. The van der Waals surface area contributed by atoms with E-state index < -0.39 is 6.04 Å². The Morgan fingerprint density at radius 2 is 1.96 bits per heavy atom. The summed E-state index contributed by atoms with van der Waals surface area (Å²) in [6, 6.07) is 13.5. The fraction of sp³-hybridized carbons (Fsp3) is 0.278. The number of rotatable bonds is 4. The molecular formula is C18H20ClFN2O. The Morgan fingerprint density at radius 3 is 2.61 bits per heavy atom. The molecule has 0 bridgehead atoms. The molecule has 2 aromatic rings. The molecule has 3 nitrogen and oxygen atoms in total. The number of benzene rings is 2. The minimum absolute atomic E-state index is 0. The molecule has 3 unspecified atom stereocenters. The molecule has 23 heavy (non-hydrogen) atoms. The molecular weight excluding hydrogens is 315 g/mol. The molecule has 122 valence electrons. The van der Waals surface area contributed by atoms with Gasteiger partial charge in [-0.25, -0.2) is 4.39 Å². The highest BCUT2D eigenvalue weighted by Crippen LogP contribution is 2.41. The zero-order chi connectivity index (χ0) is 15.7. The first-order chi connectivity index (χ1) is 10.5. The Kier molecular flexibility index (Phi) is 5.39. The molecule has 2 aromatic carbocycles. The Labute approximate surface area is 141 Å². The highest BCUT2D eigenvalue weighted by Gasteiger charge is 2.40. The van der Waals surface area contributed by atoms with Gasteiger partial charge in [0, 0.05) is 12.0 Å². The van der Waals surface area contributed by atoms with Gasteiger partial charge in [0.1, 0.15) is 11.9 Å². The van der Waals surface area contributed by atoms with Gasteiger partial charge in [0.15, 0.2) is 0 Å². The molecule has 1 amide bonds. The van der Waals surface area contributed by atoms with Crippen LogP contribution < -0.4 is 11.1 Å². The van der Waals surface area contributed by atoms with Crippen LogP contribution in [0.3, 0.4) is 0 Å². The lowest BCUT2D eigenvalue weighted by Gasteiger charge is -2.13. The van der Waals surface area contributed by atoms with Crippen LogP contribution >= 0.6 is 12.4 Å². The van der Waals surface area contributed by atoms with Gasteiger partial charge in [-0.05, 0) is 36.6 Å². The first-order valence-electron chi connectivity index (χ1n) is 7.42. The predicted molar refractivity (Wildman–Crippen MR) is 91.0 cm³/mol. The van der Waals surface area contributed by atoms with Crippen LogP contribution in [0.25, 0.3) is 0 Å². The summed E-state index contributed by atoms with van der Waals surface area (Å²) in [4.78, 5) is 12.2. The molecule has 0 spiro atoms. The summed E-state index contributed by atoms with van der Waals surface area (Å²) >= 11 is 0. The molecule has 3 N–H and O–H groups in total. The van der Waals surface area contributed by atoms with Crippen molar-refractivity contribution in [1.82, 2.24) is 5.32 Å². The van der Waals surface area contributed by atoms with Gasteiger partial charge in [-0.3, -0.25) is 4.79 Å². The Bertz CT molecular complexity index is 690. The molecule has 0 radical (unpaired) electrons. The fourth-order valence-corrected chi connectivity index (χ4v) is 2.66. The van der Waals surface area contributed by atoms with Crippen LogP contribution in [0.5, 0.6) is 0 Å². The first-order valence-corrected chi connectivity index (χ1v) is 7.42. The molecule has 3 rings (SSSR count). The zero-order valence-electron chi connectivity index (χ0n) is 12.8. The Morgan fingerprint density at radius 1 is 1.26 bits per heavy atom. The maximum Gasteiger partial charge on any atom is 0.241 e. The topological polar surface area (TPSA) is 55.1 Å². The van der Waals surface area contributed by atoms with Gasteiger partial charge in [0.05, 0.1) is 0 Å². The van der Waals surface area contributed by atoms with E-state index in [-0.39, 0.29) is 36.1 Å². The minimum atomic E-state index is -0.672. The number of amides is 1. The lowest BCUT2D eigenvalue weighted by atomic mass is 10.1. The number of nitrogens with two attached hydrogens (primary N) is 1. The number of halogens is 2. The van der Waals surface area contributed by atoms with Crippen molar-refractivity contribution in [3.05, 3.63) is 71.0 Å². The highest BCUT2D eigenvalue weighted by molar-refractivity contribution is 5.85. The largest absolute Gasteiger partial charge is 0.351 e. The average Bonchev–Trinajstić information content (AvgIpc) is 3.26. The number of hydrogen-bond donors (Lipinski definition) is 2. The summed E-state index contributed by atoms with van der Waals surface area (Å²) in [5.74, 6) is -0.247. The number of carbonyl (C=O) groups is 1. The standard InChI is InChI=1S/C18H19FN2O.ClH/c1-11-5-7-12(8-6-11)17(20)18(22)21-16-10-15(16)13-3-2-4-14(19)9-13;/h2-9,15-17H,10,20H2,1H3,(H,21,22);1H. The third-order valence-corrected chi connectivity index (χ3v) is 4.11. The van der Waals surface area contributed by atoms with E-state index in [1.807, 2.05) is 37.3 Å². The molecule has 1 saturated carbocycles. The average molecular weight is 335 g/mol. The van der Waals surface area contributed by atoms with E-state index in [0.29, 0.717) is 0 Å². The number of carbonyl (C=O) groups excluding carboxylic acids is 1. The van der Waals surface area contributed by atoms with E-state index in [1.165, 1.54) is 12.1 Å². The Balaban J connectivity index is 0.00000192. The van der Waals surface area contributed by atoms with Gasteiger partial charge in [-0.2, -0.15) is 0 Å². The molecule has 0 aliphatic heterocycles. The maximum atomic E-state index is 13.2. The number of nitrogens with one attached hydrogen (secondary N) is 1. The van der Waals surface area contributed by atoms with Gasteiger partial charge < -0.3 is 11.1 Å². The van der Waals surface area contributed by atoms with E-state index in [0.717, 1.165) is 23.1 Å². The van der Waals surface area contributed by atoms with Gasteiger partial charge in [0.25, 0.3) is 0 Å². The SMILES string of the molecule is Cc1ccc(C(N)C(=O)NC2CC2c2cccc(F)c2)cc1.Cl. The summed E-state index contributed by atoms with van der Waals surface area (Å²) in [6.45, 7) is 1.99. The normalized spacial score (nSPS) is 20.3. The summed E-state index contributed by atoms with van der Waals surface area (Å²) in [7, 11) is 0. The van der Waals surface area contributed by atoms with Crippen molar-refractivity contribution in [3.63, 3.8) is 0 Å². The van der Waals surface area contributed by atoms with Crippen LogP contribution in [-0.4, -0.2) is 11.9 Å². The first kappa shape index (κ1) is 17.4. The van der Waals surface area contributed by atoms with E-state index >= 15 is 0 Å². The molecule has 1 aliphatic carbocycles. The lowest BCUT2D eigenvalue weighted by molar-refractivity contribution is -0.122. The molecule has 1 aliphatic rings. The van der Waals surface area contributed by atoms with Gasteiger partial charge >= 0.3 is 0 Å². The third-order valence-electron chi connectivity index (χ3n) is 4.11. The second-order valence-corrected chi connectivity index (χ2v) is 5.90. The van der Waals surface area contributed by atoms with Crippen LogP contribution in [0, 0.1) is 12.7 Å². The van der Waals surface area contributed by atoms with E-state index in [9.17, 15) is 9.18 Å². The smallest absolute Gasteiger partial charge is 0.241 e. The van der Waals surface area contributed by atoms with Crippen LogP contribution in [0.2, 0.25) is 0 Å². The van der Waals surface area contributed by atoms with E-state index in [1.54, 1.807) is 6.07 Å².